The predicted octanol–water partition coefficient (Wildman–Crippen LogP) is 6.64. The Balaban J connectivity index is 0.000000926. The van der Waals surface area contributed by atoms with Crippen LogP contribution in [0.1, 0.15) is 39.2 Å². The first-order valence-electron chi connectivity index (χ1n) is 16.4. The van der Waals surface area contributed by atoms with E-state index < -0.39 is 41.3 Å². The minimum Gasteiger partial charge on any atom is -0.463 e. The largest absolute Gasteiger partial charge is 0.514 e. The average molecular weight is 909 g/mol. The van der Waals surface area contributed by atoms with Crippen LogP contribution in [0, 0.1) is 3.57 Å². The molecule has 0 N–H and O–H groups in total. The summed E-state index contributed by atoms with van der Waals surface area (Å²) in [5, 5.41) is 0. The zero-order valence-corrected chi connectivity index (χ0v) is 36.5. The third kappa shape index (κ3) is 22.7. The van der Waals surface area contributed by atoms with Gasteiger partial charge in [-0.25, -0.2) is 14.4 Å². The van der Waals surface area contributed by atoms with Crippen molar-refractivity contribution in [1.82, 2.24) is 0 Å². The number of rotatable bonds is 20. The summed E-state index contributed by atoms with van der Waals surface area (Å²) in [7, 11) is 4.11. The standard InChI is InChI=1S/C20H30O8Si.C9H18O5Si.C7H5IO2/c1-20(2,3)28-19(22)27-17-11-8-16(9-12-17)10-13-18(21)26-14-7-15-29(23-4,24-5)25-6;1-5-9(10)14-7-6-8-15(11-2,12-3)13-4;8-6-1-3-7(4-2-6)10-5-9/h8-13H,7,14-15H2,1-6H3;5H,1,6-8H2,2-4H3;1-5H. The summed E-state index contributed by atoms with van der Waals surface area (Å²) in [5.74, 6) is 0.0459. The lowest BCUT2D eigenvalue weighted by atomic mass is 10.2. The Hall–Kier alpha value is -3.48. The summed E-state index contributed by atoms with van der Waals surface area (Å²) in [6.07, 6.45) is 4.51. The highest BCUT2D eigenvalue weighted by molar-refractivity contribution is 14.1. The van der Waals surface area contributed by atoms with Gasteiger partial charge in [-0.1, -0.05) is 18.7 Å². The zero-order chi connectivity index (χ0) is 41.0. The monoisotopic (exact) mass is 908 g/mol. The molecule has 15 nitrogen and oxygen atoms in total. The van der Waals surface area contributed by atoms with Gasteiger partial charge in [0.1, 0.15) is 17.1 Å². The number of hydrogen-bond acceptors (Lipinski definition) is 15. The number of carbonyl (C=O) groups is 4. The van der Waals surface area contributed by atoms with Crippen molar-refractivity contribution in [1.29, 1.82) is 0 Å². The van der Waals surface area contributed by atoms with Crippen LogP contribution >= 0.6 is 22.6 Å². The van der Waals surface area contributed by atoms with Crippen molar-refractivity contribution in [3.63, 3.8) is 0 Å². The molecule has 0 fully saturated rings. The van der Waals surface area contributed by atoms with Crippen LogP contribution < -0.4 is 9.47 Å². The van der Waals surface area contributed by atoms with Crippen LogP contribution in [0.5, 0.6) is 11.5 Å². The highest BCUT2D eigenvalue weighted by atomic mass is 127. The normalized spacial score (nSPS) is 11.2. The van der Waals surface area contributed by atoms with Crippen LogP contribution in [-0.2, 0) is 55.2 Å². The summed E-state index contributed by atoms with van der Waals surface area (Å²) in [4.78, 5) is 44.0. The summed E-state index contributed by atoms with van der Waals surface area (Å²) in [5.41, 5.74) is 0.128. The van der Waals surface area contributed by atoms with E-state index in [-0.39, 0.29) is 6.61 Å². The lowest BCUT2D eigenvalue weighted by Gasteiger charge is -2.23. The number of hydrogen-bond donors (Lipinski definition) is 0. The lowest BCUT2D eigenvalue weighted by Crippen LogP contribution is -2.42. The number of carbonyl (C=O) groups excluding carboxylic acids is 4. The number of benzene rings is 2. The van der Waals surface area contributed by atoms with Crippen molar-refractivity contribution in [2.24, 2.45) is 0 Å². The highest BCUT2D eigenvalue weighted by Gasteiger charge is 2.37. The molecule has 0 saturated carbocycles. The Labute approximate surface area is 334 Å². The third-order valence-corrected chi connectivity index (χ3v) is 13.0. The summed E-state index contributed by atoms with van der Waals surface area (Å²) >= 11 is 2.18. The molecular weight excluding hydrogens is 855 g/mol. The first-order valence-corrected chi connectivity index (χ1v) is 21.4. The molecular formula is C36H53IO15Si2. The van der Waals surface area contributed by atoms with Crippen molar-refractivity contribution in [2.45, 2.75) is 51.3 Å². The van der Waals surface area contributed by atoms with E-state index in [4.69, 9.17) is 45.5 Å². The van der Waals surface area contributed by atoms with Gasteiger partial charge in [-0.2, -0.15) is 0 Å². The second-order valence-corrected chi connectivity index (χ2v) is 18.9. The Morgan fingerprint density at radius 3 is 1.56 bits per heavy atom. The minimum absolute atomic E-state index is 0.233. The van der Waals surface area contributed by atoms with Gasteiger partial charge in [0.15, 0.2) is 0 Å². The highest BCUT2D eigenvalue weighted by Crippen LogP contribution is 2.18. The second-order valence-electron chi connectivity index (χ2n) is 11.5. The molecule has 302 valence electrons. The van der Waals surface area contributed by atoms with Crippen LogP contribution in [-0.4, -0.2) is 104 Å². The maximum Gasteiger partial charge on any atom is 0.514 e. The first kappa shape index (κ1) is 50.5. The molecule has 0 radical (unpaired) electrons. The number of ether oxygens (including phenoxy) is 5. The Morgan fingerprint density at radius 2 is 1.15 bits per heavy atom. The molecule has 18 heteroatoms. The molecule has 54 heavy (non-hydrogen) atoms. The number of halogens is 1. The summed E-state index contributed by atoms with van der Waals surface area (Å²) in [6, 6.07) is 15.0. The van der Waals surface area contributed by atoms with Crippen molar-refractivity contribution >= 4 is 70.8 Å². The molecule has 0 aliphatic rings. The van der Waals surface area contributed by atoms with E-state index in [0.717, 1.165) is 15.2 Å². The average Bonchev–Trinajstić information content (AvgIpc) is 3.16. The maximum atomic E-state index is 11.8. The van der Waals surface area contributed by atoms with E-state index in [2.05, 4.69) is 33.9 Å². The fourth-order valence-corrected chi connectivity index (χ4v) is 7.63. The lowest BCUT2D eigenvalue weighted by molar-refractivity contribution is -0.138. The fourth-order valence-electron chi connectivity index (χ4n) is 3.89. The van der Waals surface area contributed by atoms with Crippen LogP contribution in [0.2, 0.25) is 12.1 Å². The maximum absolute atomic E-state index is 11.8. The van der Waals surface area contributed by atoms with Gasteiger partial charge in [0.2, 0.25) is 0 Å². The van der Waals surface area contributed by atoms with Gasteiger partial charge in [-0.05, 0) is 104 Å². The predicted molar refractivity (Wildman–Crippen MR) is 213 cm³/mol. The smallest absolute Gasteiger partial charge is 0.463 e. The van der Waals surface area contributed by atoms with E-state index >= 15 is 0 Å². The molecule has 0 atom stereocenters. The Morgan fingerprint density at radius 1 is 0.704 bits per heavy atom. The molecule has 0 saturated heterocycles. The van der Waals surface area contributed by atoms with Crippen molar-refractivity contribution < 1.29 is 69.4 Å². The minimum atomic E-state index is -2.65. The number of esters is 2. The second kappa shape index (κ2) is 28.0. The molecule has 0 spiro atoms. The van der Waals surface area contributed by atoms with Gasteiger partial charge in [-0.15, -0.1) is 0 Å². The fraction of sp³-hybridized carbons (Fsp3) is 0.444. The Bertz CT molecular complexity index is 1390. The molecule has 0 aliphatic heterocycles. The topological polar surface area (TPSA) is 170 Å². The Kier molecular flexibility index (Phi) is 26.2. The van der Waals surface area contributed by atoms with Gasteiger partial charge in [-0.3, -0.25) is 4.79 Å². The van der Waals surface area contributed by atoms with E-state index in [1.54, 1.807) is 84.6 Å². The van der Waals surface area contributed by atoms with Crippen molar-refractivity contribution in [3.05, 3.63) is 76.4 Å². The summed E-state index contributed by atoms with van der Waals surface area (Å²) in [6.45, 7) is 9.53. The molecule has 2 aromatic carbocycles. The first-order chi connectivity index (χ1) is 25.6. The molecule has 0 aromatic heterocycles. The third-order valence-electron chi connectivity index (χ3n) is 6.66. The quantitative estimate of drug-likeness (QED) is 0.0203. The van der Waals surface area contributed by atoms with E-state index in [9.17, 15) is 19.2 Å². The molecule has 0 bridgehead atoms. The zero-order valence-electron chi connectivity index (χ0n) is 32.4. The van der Waals surface area contributed by atoms with Gasteiger partial charge >= 0.3 is 35.7 Å². The van der Waals surface area contributed by atoms with Gasteiger partial charge in [0, 0.05) is 70.5 Å². The van der Waals surface area contributed by atoms with Crippen molar-refractivity contribution in [2.75, 3.05) is 55.9 Å². The summed E-state index contributed by atoms with van der Waals surface area (Å²) < 4.78 is 57.4. The van der Waals surface area contributed by atoms with Crippen LogP contribution in [0.15, 0.2) is 67.3 Å². The molecule has 0 amide bonds. The molecule has 0 aliphatic carbocycles. The molecule has 0 unspecified atom stereocenters. The van der Waals surface area contributed by atoms with Gasteiger partial charge in [0.05, 0.1) is 13.2 Å². The van der Waals surface area contributed by atoms with E-state index in [0.29, 0.717) is 49.5 Å². The van der Waals surface area contributed by atoms with Gasteiger partial charge < -0.3 is 50.2 Å². The van der Waals surface area contributed by atoms with Crippen molar-refractivity contribution in [3.8, 4) is 11.5 Å². The van der Waals surface area contributed by atoms with E-state index in [1.807, 2.05) is 12.1 Å². The SMILES string of the molecule is C=CC(=O)OCCC[Si](OC)(OC)OC.CO[Si](CCCOC(=O)C=Cc1ccc(OC(=O)OC(C)(C)C)cc1)(OC)OC.O=COc1ccc(I)cc1. The van der Waals surface area contributed by atoms with E-state index in [1.165, 1.54) is 27.4 Å². The van der Waals surface area contributed by atoms with Gasteiger partial charge in [0.25, 0.3) is 6.47 Å². The molecule has 2 rings (SSSR count). The van der Waals surface area contributed by atoms with Crippen LogP contribution in [0.25, 0.3) is 6.08 Å². The van der Waals surface area contributed by atoms with Crippen LogP contribution in [0.3, 0.4) is 0 Å². The molecule has 0 heterocycles. The molecule has 2 aromatic rings. The van der Waals surface area contributed by atoms with Crippen LogP contribution in [0.4, 0.5) is 4.79 Å².